The van der Waals surface area contributed by atoms with Crippen LogP contribution in [0.2, 0.25) is 0 Å². The second-order valence-electron chi connectivity index (χ2n) is 6.88. The summed E-state index contributed by atoms with van der Waals surface area (Å²) in [6, 6.07) is 0.256. The summed E-state index contributed by atoms with van der Waals surface area (Å²) in [5.41, 5.74) is 7.34. The van der Waals surface area contributed by atoms with Gasteiger partial charge in [-0.1, -0.05) is 13.8 Å². The second-order valence-corrected chi connectivity index (χ2v) is 7.72. The molecule has 9 heteroatoms. The molecule has 2 rings (SSSR count). The maximum atomic E-state index is 11.8. The first kappa shape index (κ1) is 24.6. The zero-order valence-corrected chi connectivity index (χ0v) is 17.8. The Kier molecular flexibility index (Phi) is 10.5. The van der Waals surface area contributed by atoms with Crippen LogP contribution in [0.4, 0.5) is 5.13 Å². The molecule has 0 bridgehead atoms. The highest BCUT2D eigenvalue weighted by atomic mass is 35.5. The van der Waals surface area contributed by atoms with Crippen molar-refractivity contribution in [3.8, 4) is 0 Å². The number of anilines is 1. The number of nitrogens with two attached hydrogens (primary N) is 1. The van der Waals surface area contributed by atoms with Crippen LogP contribution in [0.15, 0.2) is 5.38 Å². The molecule has 1 atom stereocenters. The third-order valence-electron chi connectivity index (χ3n) is 4.45. The smallest absolute Gasteiger partial charge is 0.225 e. The number of aromatic nitrogens is 1. The molecule has 1 aromatic rings. The van der Waals surface area contributed by atoms with Crippen LogP contribution < -0.4 is 10.6 Å². The Labute approximate surface area is 166 Å². The monoisotopic (exact) mass is 412 g/mol. The van der Waals surface area contributed by atoms with Crippen LogP contribution in [0.25, 0.3) is 0 Å². The molecular weight excluding hydrogens is 383 g/mol. The van der Waals surface area contributed by atoms with Crippen molar-refractivity contribution in [1.29, 1.82) is 0 Å². The fraction of sp³-hybridized carbons (Fsp3) is 0.750. The van der Waals surface area contributed by atoms with Crippen molar-refractivity contribution in [3.05, 3.63) is 11.1 Å². The molecule has 0 spiro atoms. The minimum atomic E-state index is -0.00645. The largest absolute Gasteiger partial charge is 0.383 e. The molecule has 1 amide bonds. The van der Waals surface area contributed by atoms with Crippen molar-refractivity contribution < 1.29 is 9.53 Å². The van der Waals surface area contributed by atoms with E-state index >= 15 is 0 Å². The van der Waals surface area contributed by atoms with Gasteiger partial charge >= 0.3 is 0 Å². The number of halogens is 2. The number of nitrogens with zero attached hydrogens (tertiary/aromatic N) is 3. The number of carbonyl (C=O) groups is 1. The molecule has 1 saturated heterocycles. The van der Waals surface area contributed by atoms with Crippen LogP contribution in [-0.4, -0.2) is 55.2 Å². The first-order chi connectivity index (χ1) is 10.8. The lowest BCUT2D eigenvalue weighted by Gasteiger charge is -2.42. The molecule has 6 nitrogen and oxygen atoms in total. The fourth-order valence-corrected chi connectivity index (χ4v) is 3.80. The third kappa shape index (κ3) is 6.66. The van der Waals surface area contributed by atoms with E-state index in [2.05, 4.69) is 23.7 Å². The Morgan fingerprint density at radius 3 is 2.76 bits per heavy atom. The Morgan fingerprint density at radius 2 is 2.20 bits per heavy atom. The van der Waals surface area contributed by atoms with Crippen LogP contribution in [0.3, 0.4) is 0 Å². The number of rotatable bonds is 6. The van der Waals surface area contributed by atoms with E-state index in [9.17, 15) is 4.79 Å². The highest BCUT2D eigenvalue weighted by molar-refractivity contribution is 7.14. The SMILES string of the molecule is COCCN(C(C)=O)c1nc(CN2CCC(N)C(C)(C)C2)cs1.Cl.Cl. The lowest BCUT2D eigenvalue weighted by molar-refractivity contribution is -0.116. The molecule has 0 saturated carbocycles. The van der Waals surface area contributed by atoms with E-state index in [0.717, 1.165) is 36.9 Å². The van der Waals surface area contributed by atoms with Crippen LogP contribution >= 0.6 is 36.2 Å². The predicted octanol–water partition coefficient (Wildman–Crippen LogP) is 2.55. The second kappa shape index (κ2) is 10.6. The molecule has 1 aromatic heterocycles. The van der Waals surface area contributed by atoms with Crippen molar-refractivity contribution >= 4 is 47.2 Å². The number of carbonyl (C=O) groups excluding carboxylic acids is 1. The van der Waals surface area contributed by atoms with Gasteiger partial charge in [0.2, 0.25) is 5.91 Å². The number of piperidine rings is 1. The summed E-state index contributed by atoms with van der Waals surface area (Å²) in [5, 5.41) is 2.79. The first-order valence-electron chi connectivity index (χ1n) is 8.03. The van der Waals surface area contributed by atoms with Crippen molar-refractivity contribution in [3.63, 3.8) is 0 Å². The molecule has 1 aliphatic rings. The molecule has 1 unspecified atom stereocenters. The first-order valence-corrected chi connectivity index (χ1v) is 8.91. The van der Waals surface area contributed by atoms with E-state index < -0.39 is 0 Å². The van der Waals surface area contributed by atoms with Crippen LogP contribution in [0.5, 0.6) is 0 Å². The zero-order valence-electron chi connectivity index (χ0n) is 15.4. The Hall–Kier alpha value is -0.440. The maximum absolute atomic E-state index is 11.8. The fourth-order valence-electron chi connectivity index (χ4n) is 2.91. The van der Waals surface area contributed by atoms with Gasteiger partial charge in [0.15, 0.2) is 5.13 Å². The molecule has 1 aliphatic heterocycles. The van der Waals surface area contributed by atoms with E-state index in [4.69, 9.17) is 10.5 Å². The lowest BCUT2D eigenvalue weighted by atomic mass is 9.80. The van der Waals surface area contributed by atoms with Crippen molar-refractivity contribution in [2.24, 2.45) is 11.1 Å². The van der Waals surface area contributed by atoms with Gasteiger partial charge in [-0.05, 0) is 11.8 Å². The van der Waals surface area contributed by atoms with Crippen molar-refractivity contribution in [2.75, 3.05) is 38.3 Å². The Balaban J connectivity index is 0.00000288. The summed E-state index contributed by atoms with van der Waals surface area (Å²) >= 11 is 1.51. The molecule has 2 heterocycles. The summed E-state index contributed by atoms with van der Waals surface area (Å²) in [6.45, 7) is 9.82. The number of hydrogen-bond acceptors (Lipinski definition) is 6. The van der Waals surface area contributed by atoms with Gasteiger partial charge in [-0.25, -0.2) is 4.98 Å². The normalized spacial score (nSPS) is 19.6. The van der Waals surface area contributed by atoms with Gasteiger partial charge in [0.1, 0.15) is 0 Å². The number of amides is 1. The van der Waals surface area contributed by atoms with Gasteiger partial charge in [-0.3, -0.25) is 14.6 Å². The van der Waals surface area contributed by atoms with Gasteiger partial charge in [0, 0.05) is 45.1 Å². The number of methoxy groups -OCH3 is 1. The minimum absolute atomic E-state index is 0. The van der Waals surface area contributed by atoms with Crippen molar-refractivity contribution in [1.82, 2.24) is 9.88 Å². The summed E-state index contributed by atoms with van der Waals surface area (Å²) in [6.07, 6.45) is 1.01. The summed E-state index contributed by atoms with van der Waals surface area (Å²) in [5.74, 6) is -0.00645. The number of hydrogen-bond donors (Lipinski definition) is 1. The molecule has 0 aromatic carbocycles. The average molecular weight is 413 g/mol. The maximum Gasteiger partial charge on any atom is 0.225 e. The molecule has 1 fully saturated rings. The van der Waals surface area contributed by atoms with Gasteiger partial charge in [-0.2, -0.15) is 0 Å². The molecule has 25 heavy (non-hydrogen) atoms. The molecule has 0 radical (unpaired) electrons. The Morgan fingerprint density at radius 1 is 1.52 bits per heavy atom. The van der Waals surface area contributed by atoms with E-state index in [-0.39, 0.29) is 42.2 Å². The molecule has 0 aliphatic carbocycles. The Bertz CT molecular complexity index is 542. The van der Waals surface area contributed by atoms with E-state index in [0.29, 0.717) is 13.2 Å². The van der Waals surface area contributed by atoms with Crippen molar-refractivity contribution in [2.45, 2.75) is 39.8 Å². The summed E-state index contributed by atoms with van der Waals surface area (Å²) in [7, 11) is 1.63. The third-order valence-corrected chi connectivity index (χ3v) is 5.36. The minimum Gasteiger partial charge on any atom is -0.383 e. The van der Waals surface area contributed by atoms with Crippen LogP contribution in [-0.2, 0) is 16.1 Å². The molecule has 2 N–H and O–H groups in total. The zero-order chi connectivity index (χ0) is 17.0. The quantitative estimate of drug-likeness (QED) is 0.776. The number of likely N-dealkylation sites (tertiary alicyclic amines) is 1. The topological polar surface area (TPSA) is 71.7 Å². The van der Waals surface area contributed by atoms with E-state index in [1.54, 1.807) is 18.9 Å². The van der Waals surface area contributed by atoms with Crippen LogP contribution in [0.1, 0.15) is 32.9 Å². The highest BCUT2D eigenvalue weighted by Gasteiger charge is 2.33. The van der Waals surface area contributed by atoms with Gasteiger partial charge in [0.05, 0.1) is 18.8 Å². The predicted molar refractivity (Wildman–Crippen MR) is 108 cm³/mol. The summed E-state index contributed by atoms with van der Waals surface area (Å²) < 4.78 is 5.07. The lowest BCUT2D eigenvalue weighted by Crippen LogP contribution is -2.52. The number of ether oxygens (including phenoxy) is 1. The molecular formula is C16H30Cl2N4O2S. The van der Waals surface area contributed by atoms with Gasteiger partial charge < -0.3 is 10.5 Å². The van der Waals surface area contributed by atoms with Gasteiger partial charge in [0.25, 0.3) is 0 Å². The molecule has 146 valence electrons. The van der Waals surface area contributed by atoms with E-state index in [1.807, 2.05) is 5.38 Å². The van der Waals surface area contributed by atoms with E-state index in [1.165, 1.54) is 11.3 Å². The highest BCUT2D eigenvalue weighted by Crippen LogP contribution is 2.29. The van der Waals surface area contributed by atoms with Crippen LogP contribution in [0, 0.1) is 5.41 Å². The standard InChI is InChI=1S/C16H28N4O2S.2ClH/c1-12(21)20(7-8-22-4)15-18-13(10-23-15)9-19-6-5-14(17)16(2,3)11-19;;/h10,14H,5-9,11,17H2,1-4H3;2*1H. The summed E-state index contributed by atoms with van der Waals surface area (Å²) in [4.78, 5) is 20.5. The number of thiazole rings is 1. The average Bonchev–Trinajstić information content (AvgIpc) is 2.91. The van der Waals surface area contributed by atoms with Gasteiger partial charge in [-0.15, -0.1) is 36.2 Å².